The molecule has 1 atom stereocenters. The molecule has 1 fully saturated rings. The molecule has 1 heterocycles. The van der Waals surface area contributed by atoms with Gasteiger partial charge in [-0.2, -0.15) is 13.2 Å². The van der Waals surface area contributed by atoms with Gasteiger partial charge in [-0.3, -0.25) is 15.0 Å². The summed E-state index contributed by atoms with van der Waals surface area (Å²) >= 11 is 0. The number of ketones is 1. The van der Waals surface area contributed by atoms with Gasteiger partial charge < -0.3 is 0 Å². The van der Waals surface area contributed by atoms with Crippen molar-refractivity contribution in [3.63, 3.8) is 0 Å². The van der Waals surface area contributed by atoms with Crippen LogP contribution in [0.3, 0.4) is 0 Å². The number of alkyl halides is 3. The van der Waals surface area contributed by atoms with Crippen molar-refractivity contribution < 1.29 is 22.8 Å². The fraction of sp³-hybridized carbons (Fsp3) is 0.500. The van der Waals surface area contributed by atoms with Gasteiger partial charge in [0.05, 0.1) is 0 Å². The van der Waals surface area contributed by atoms with Gasteiger partial charge in [0, 0.05) is 0 Å². The number of nitrogens with one attached hydrogen (secondary N) is 2. The van der Waals surface area contributed by atoms with Crippen LogP contribution in [-0.4, -0.2) is 23.9 Å². The number of hydrogen-bond acceptors (Lipinski definition) is 3. The van der Waals surface area contributed by atoms with E-state index >= 15 is 0 Å². The Morgan fingerprint density at radius 2 is 1.82 bits per heavy atom. The molecule has 0 aromatic heterocycles. The highest BCUT2D eigenvalue weighted by Crippen LogP contribution is 2.21. The molecule has 2 N–H and O–H groups in total. The maximum Gasteiger partial charge on any atom is 0.413 e. The van der Waals surface area contributed by atoms with E-state index in [4.69, 9.17) is 0 Å². The molecule has 1 aliphatic heterocycles. The predicted octanol–water partition coefficient (Wildman–Crippen LogP) is -0.879. The molecular weight excluding hydrogens is 165 g/mol. The molecule has 1 rings (SSSR count). The van der Waals surface area contributed by atoms with E-state index in [9.17, 15) is 22.8 Å². The van der Waals surface area contributed by atoms with E-state index in [1.165, 1.54) is 5.43 Å². The maximum absolute atomic E-state index is 11.7. The van der Waals surface area contributed by atoms with E-state index in [0.717, 1.165) is 0 Å². The third-order valence-electron chi connectivity index (χ3n) is 1.14. The lowest BCUT2D eigenvalue weighted by atomic mass is 10.2. The van der Waals surface area contributed by atoms with Crippen LogP contribution in [0.25, 0.3) is 0 Å². The molecule has 4 nitrogen and oxygen atoms in total. The Morgan fingerprint density at radius 3 is 2.00 bits per heavy atom. The maximum atomic E-state index is 11.7. The Hall–Kier alpha value is -1.11. The second-order valence-corrected chi connectivity index (χ2v) is 1.94. The normalized spacial score (nSPS) is 25.5. The fourth-order valence-corrected chi connectivity index (χ4v) is 0.626. The van der Waals surface area contributed by atoms with Crippen molar-refractivity contribution in [3.05, 3.63) is 0 Å². The first-order valence-electron chi connectivity index (χ1n) is 2.59. The van der Waals surface area contributed by atoms with Crippen molar-refractivity contribution in [2.75, 3.05) is 0 Å². The second-order valence-electron chi connectivity index (χ2n) is 1.94. The quantitative estimate of drug-likeness (QED) is 0.462. The average molecular weight is 168 g/mol. The van der Waals surface area contributed by atoms with Crippen LogP contribution in [0.15, 0.2) is 0 Å². The number of hydrogen-bond donors (Lipinski definition) is 2. The molecule has 1 saturated heterocycles. The van der Waals surface area contributed by atoms with Gasteiger partial charge in [0.1, 0.15) is 0 Å². The molecule has 0 saturated carbocycles. The van der Waals surface area contributed by atoms with E-state index in [2.05, 4.69) is 0 Å². The van der Waals surface area contributed by atoms with Crippen LogP contribution in [0.2, 0.25) is 0 Å². The van der Waals surface area contributed by atoms with Crippen LogP contribution in [0.4, 0.5) is 13.2 Å². The van der Waals surface area contributed by atoms with Gasteiger partial charge in [-0.15, -0.1) is 0 Å². The van der Waals surface area contributed by atoms with Crippen LogP contribution in [0.1, 0.15) is 0 Å². The highest BCUT2D eigenvalue weighted by molar-refractivity contribution is 6.39. The molecule has 11 heavy (non-hydrogen) atoms. The number of hydrazine groups is 1. The molecule has 0 radical (unpaired) electrons. The van der Waals surface area contributed by atoms with Gasteiger partial charge in [-0.25, -0.2) is 5.43 Å². The standard InChI is InChI=1S/C4H3F3N2O2/c5-4(6,7)2-1(10)3(11)9-8-2/h2,8H,(H,9,11). The average Bonchev–Trinajstić information content (AvgIpc) is 2.11. The van der Waals surface area contributed by atoms with Crippen molar-refractivity contribution in [2.24, 2.45) is 0 Å². The van der Waals surface area contributed by atoms with Crippen LogP contribution in [0, 0.1) is 0 Å². The lowest BCUT2D eigenvalue weighted by Crippen LogP contribution is -2.44. The van der Waals surface area contributed by atoms with E-state index in [0.29, 0.717) is 0 Å². The molecule has 7 heteroatoms. The van der Waals surface area contributed by atoms with E-state index in [1.807, 2.05) is 0 Å². The van der Waals surface area contributed by atoms with Crippen LogP contribution >= 0.6 is 0 Å². The number of carbonyl (C=O) groups excluding carboxylic acids is 2. The number of Topliss-reactive ketones (excluding diaryl/α,β-unsaturated/α-hetero) is 1. The first kappa shape index (κ1) is 7.99. The lowest BCUT2D eigenvalue weighted by Gasteiger charge is -2.10. The lowest BCUT2D eigenvalue weighted by molar-refractivity contribution is -0.164. The summed E-state index contributed by atoms with van der Waals surface area (Å²) in [5.41, 5.74) is 3.09. The van der Waals surface area contributed by atoms with Crippen molar-refractivity contribution in [1.29, 1.82) is 0 Å². The van der Waals surface area contributed by atoms with E-state index in [1.54, 1.807) is 5.43 Å². The SMILES string of the molecule is O=C1NNC(C(F)(F)F)C1=O. The fourth-order valence-electron chi connectivity index (χ4n) is 0.626. The number of amides is 1. The van der Waals surface area contributed by atoms with Gasteiger partial charge in [0.2, 0.25) is 5.78 Å². The van der Waals surface area contributed by atoms with Gasteiger partial charge in [0.25, 0.3) is 0 Å². The molecule has 0 aliphatic carbocycles. The molecule has 1 aliphatic rings. The molecule has 0 spiro atoms. The van der Waals surface area contributed by atoms with Gasteiger partial charge in [-0.1, -0.05) is 0 Å². The summed E-state index contributed by atoms with van der Waals surface area (Å²) in [5, 5.41) is 0. The summed E-state index contributed by atoms with van der Waals surface area (Å²) in [6.07, 6.45) is -4.71. The second kappa shape index (κ2) is 2.19. The Bertz CT molecular complexity index is 212. The van der Waals surface area contributed by atoms with Crippen molar-refractivity contribution in [1.82, 2.24) is 10.9 Å². The van der Waals surface area contributed by atoms with Crippen LogP contribution < -0.4 is 10.9 Å². The monoisotopic (exact) mass is 168 g/mol. The molecule has 0 aromatic carbocycles. The highest BCUT2D eigenvalue weighted by Gasteiger charge is 2.50. The third kappa shape index (κ3) is 1.32. The number of rotatable bonds is 0. The topological polar surface area (TPSA) is 58.2 Å². The summed E-state index contributed by atoms with van der Waals surface area (Å²) in [6.45, 7) is 0. The van der Waals surface area contributed by atoms with Gasteiger partial charge >= 0.3 is 12.1 Å². The first-order chi connectivity index (χ1) is 4.93. The Kier molecular flexibility index (Phi) is 1.59. The minimum atomic E-state index is -4.71. The predicted molar refractivity (Wildman–Crippen MR) is 26.1 cm³/mol. The molecule has 0 bridgehead atoms. The molecule has 1 unspecified atom stereocenters. The minimum Gasteiger partial charge on any atom is -0.286 e. The molecular formula is C4H3F3N2O2. The van der Waals surface area contributed by atoms with Crippen LogP contribution in [-0.2, 0) is 9.59 Å². The zero-order valence-corrected chi connectivity index (χ0v) is 5.03. The Morgan fingerprint density at radius 1 is 1.27 bits per heavy atom. The number of carbonyl (C=O) groups is 2. The molecule has 1 amide bonds. The van der Waals surface area contributed by atoms with Gasteiger partial charge in [-0.05, 0) is 0 Å². The highest BCUT2D eigenvalue weighted by atomic mass is 19.4. The minimum absolute atomic E-state index is 1.26. The van der Waals surface area contributed by atoms with Crippen molar-refractivity contribution in [2.45, 2.75) is 12.2 Å². The summed E-state index contributed by atoms with van der Waals surface area (Å²) in [7, 11) is 0. The molecule has 0 aromatic rings. The summed E-state index contributed by atoms with van der Waals surface area (Å²) in [5.74, 6) is -2.76. The first-order valence-corrected chi connectivity index (χ1v) is 2.59. The van der Waals surface area contributed by atoms with Gasteiger partial charge in [0.15, 0.2) is 6.04 Å². The molecule has 62 valence electrons. The summed E-state index contributed by atoms with van der Waals surface area (Å²) in [6, 6.07) is -2.39. The zero-order chi connectivity index (χ0) is 8.65. The summed E-state index contributed by atoms with van der Waals surface area (Å²) in [4.78, 5) is 20.6. The van der Waals surface area contributed by atoms with Crippen molar-refractivity contribution >= 4 is 11.7 Å². The Labute approximate surface area is 58.7 Å². The summed E-state index contributed by atoms with van der Waals surface area (Å²) < 4.78 is 35.1. The Balaban J connectivity index is 2.78. The smallest absolute Gasteiger partial charge is 0.286 e. The largest absolute Gasteiger partial charge is 0.413 e. The zero-order valence-electron chi connectivity index (χ0n) is 5.03. The van der Waals surface area contributed by atoms with Crippen molar-refractivity contribution in [3.8, 4) is 0 Å². The third-order valence-corrected chi connectivity index (χ3v) is 1.14. The number of halogens is 3. The van der Waals surface area contributed by atoms with E-state index < -0.39 is 23.9 Å². The van der Waals surface area contributed by atoms with Crippen LogP contribution in [0.5, 0.6) is 0 Å². The van der Waals surface area contributed by atoms with E-state index in [-0.39, 0.29) is 0 Å².